The SMILES string of the molecule is Cc1ccc([N+](=O)[O-])cc1NC(=O)C(F)(F)C(F)(F)C(F)(F)C(F)(F)C(F)(F)C(F)(F)F. The molecule has 18 heteroatoms. The maximum absolute atomic E-state index is 13.7. The Balaban J connectivity index is 3.47. The molecule has 0 bridgehead atoms. The van der Waals surface area contributed by atoms with Crippen LogP contribution in [0.5, 0.6) is 0 Å². The Morgan fingerprint density at radius 1 is 0.812 bits per heavy atom. The molecule has 0 heterocycles. The molecule has 1 aromatic carbocycles. The molecule has 182 valence electrons. The van der Waals surface area contributed by atoms with Crippen molar-refractivity contribution in [2.75, 3.05) is 5.32 Å². The lowest BCUT2D eigenvalue weighted by molar-refractivity contribution is -0.435. The average molecular weight is 498 g/mol. The van der Waals surface area contributed by atoms with E-state index in [9.17, 15) is 72.0 Å². The zero-order valence-corrected chi connectivity index (χ0v) is 14.8. The van der Waals surface area contributed by atoms with Gasteiger partial charge >= 0.3 is 41.7 Å². The van der Waals surface area contributed by atoms with Crippen LogP contribution in [0.25, 0.3) is 0 Å². The van der Waals surface area contributed by atoms with Gasteiger partial charge in [-0.25, -0.2) is 0 Å². The van der Waals surface area contributed by atoms with Crippen molar-refractivity contribution in [2.24, 2.45) is 0 Å². The third kappa shape index (κ3) is 3.89. The molecule has 0 saturated carbocycles. The van der Waals surface area contributed by atoms with Crippen molar-refractivity contribution in [2.45, 2.75) is 42.7 Å². The van der Waals surface area contributed by atoms with Crippen LogP contribution in [-0.4, -0.2) is 46.6 Å². The number of alkyl halides is 13. The standard InChI is InChI=1S/C14H7F13N2O3/c1-5-2-3-6(29(31)32)4-7(5)28-8(30)9(15,16)10(17,18)11(19,20)12(21,22)13(23,24)14(25,26)27/h2-4H,1H3,(H,28,30). The Morgan fingerprint density at radius 3 is 1.66 bits per heavy atom. The molecule has 0 atom stereocenters. The molecule has 0 aromatic heterocycles. The normalized spacial score (nSPS) is 14.3. The van der Waals surface area contributed by atoms with E-state index in [4.69, 9.17) is 0 Å². The number of amides is 1. The van der Waals surface area contributed by atoms with E-state index < -0.39 is 58.0 Å². The molecule has 0 aliphatic heterocycles. The fourth-order valence-electron chi connectivity index (χ4n) is 1.97. The molecule has 0 aliphatic carbocycles. The first kappa shape index (κ1) is 27.2. The third-order valence-corrected chi connectivity index (χ3v) is 3.90. The van der Waals surface area contributed by atoms with Gasteiger partial charge in [0.25, 0.3) is 5.69 Å². The molecule has 0 fully saturated rings. The van der Waals surface area contributed by atoms with Crippen molar-refractivity contribution < 1.29 is 66.8 Å². The highest BCUT2D eigenvalue weighted by molar-refractivity contribution is 5.97. The van der Waals surface area contributed by atoms with Crippen LogP contribution in [0, 0.1) is 17.0 Å². The average Bonchev–Trinajstić information content (AvgIpc) is 2.61. The Bertz CT molecular complexity index is 912. The van der Waals surface area contributed by atoms with Gasteiger partial charge in [0.1, 0.15) is 0 Å². The van der Waals surface area contributed by atoms with E-state index >= 15 is 0 Å². The number of non-ortho nitro benzene ring substituents is 1. The number of hydrogen-bond acceptors (Lipinski definition) is 3. The van der Waals surface area contributed by atoms with Crippen molar-refractivity contribution in [3.05, 3.63) is 33.9 Å². The molecule has 1 N–H and O–H groups in total. The topological polar surface area (TPSA) is 72.2 Å². The summed E-state index contributed by atoms with van der Waals surface area (Å²) in [6.45, 7) is 0.919. The summed E-state index contributed by atoms with van der Waals surface area (Å²) in [4.78, 5) is 20.9. The number of nitro groups is 1. The number of carbonyl (C=O) groups is 1. The second kappa shape index (κ2) is 7.65. The highest BCUT2D eigenvalue weighted by atomic mass is 19.4. The Kier molecular flexibility index (Phi) is 6.50. The number of benzene rings is 1. The van der Waals surface area contributed by atoms with Gasteiger partial charge in [0, 0.05) is 12.1 Å². The number of anilines is 1. The summed E-state index contributed by atoms with van der Waals surface area (Å²) < 4.78 is 169. The predicted octanol–water partition coefficient (Wildman–Crippen LogP) is 5.58. The van der Waals surface area contributed by atoms with Gasteiger partial charge in [0.2, 0.25) is 0 Å². The lowest BCUT2D eigenvalue weighted by atomic mass is 9.93. The zero-order chi connectivity index (χ0) is 25.7. The second-order valence-electron chi connectivity index (χ2n) is 6.08. The third-order valence-electron chi connectivity index (χ3n) is 3.90. The predicted molar refractivity (Wildman–Crippen MR) is 77.3 cm³/mol. The number of rotatable bonds is 7. The van der Waals surface area contributed by atoms with Crippen LogP contribution in [0.4, 0.5) is 68.5 Å². The minimum atomic E-state index is -8.15. The first-order valence-electron chi connectivity index (χ1n) is 7.49. The molecular formula is C14H7F13N2O3. The van der Waals surface area contributed by atoms with Gasteiger partial charge < -0.3 is 5.32 Å². The number of carbonyl (C=O) groups excluding carboxylic acids is 1. The summed E-state index contributed by atoms with van der Waals surface area (Å²) in [5, 5.41) is 11.4. The summed E-state index contributed by atoms with van der Waals surface area (Å²) in [5.41, 5.74) is -2.43. The summed E-state index contributed by atoms with van der Waals surface area (Å²) >= 11 is 0. The van der Waals surface area contributed by atoms with E-state index in [1.807, 2.05) is 0 Å². The van der Waals surface area contributed by atoms with Crippen molar-refractivity contribution in [1.82, 2.24) is 0 Å². The molecule has 32 heavy (non-hydrogen) atoms. The number of aryl methyl sites for hydroxylation is 1. The quantitative estimate of drug-likeness (QED) is 0.303. The highest BCUT2D eigenvalue weighted by Crippen LogP contribution is 2.60. The van der Waals surface area contributed by atoms with Crippen molar-refractivity contribution in [3.63, 3.8) is 0 Å². The van der Waals surface area contributed by atoms with Crippen LogP contribution in [0.2, 0.25) is 0 Å². The lowest BCUT2D eigenvalue weighted by Gasteiger charge is -2.39. The first-order valence-corrected chi connectivity index (χ1v) is 7.49. The van der Waals surface area contributed by atoms with Gasteiger partial charge in [0.05, 0.1) is 10.6 Å². The van der Waals surface area contributed by atoms with Gasteiger partial charge in [-0.05, 0) is 12.5 Å². The molecule has 1 aromatic rings. The van der Waals surface area contributed by atoms with Crippen molar-refractivity contribution >= 4 is 17.3 Å². The van der Waals surface area contributed by atoms with E-state index in [0.29, 0.717) is 6.07 Å². The molecule has 0 aliphatic rings. The highest BCUT2D eigenvalue weighted by Gasteiger charge is 2.91. The molecule has 0 radical (unpaired) electrons. The van der Waals surface area contributed by atoms with Gasteiger partial charge in [-0.3, -0.25) is 14.9 Å². The fraction of sp³-hybridized carbons (Fsp3) is 0.500. The fourth-order valence-corrected chi connectivity index (χ4v) is 1.97. The Labute approximate surface area is 167 Å². The number of nitrogens with zero attached hydrogens (tertiary/aromatic N) is 1. The largest absolute Gasteiger partial charge is 0.460 e. The van der Waals surface area contributed by atoms with Crippen LogP contribution in [0.15, 0.2) is 18.2 Å². The van der Waals surface area contributed by atoms with E-state index in [1.54, 1.807) is 0 Å². The minimum absolute atomic E-state index is 0.256. The lowest BCUT2D eigenvalue weighted by Crippen LogP contribution is -2.71. The van der Waals surface area contributed by atoms with Gasteiger partial charge in [-0.2, -0.15) is 57.1 Å². The maximum atomic E-state index is 13.7. The van der Waals surface area contributed by atoms with Gasteiger partial charge in [-0.1, -0.05) is 6.07 Å². The van der Waals surface area contributed by atoms with Gasteiger partial charge in [0.15, 0.2) is 0 Å². The van der Waals surface area contributed by atoms with E-state index in [2.05, 4.69) is 0 Å². The number of nitrogens with one attached hydrogen (secondary N) is 1. The molecule has 0 spiro atoms. The first-order chi connectivity index (χ1) is 14.0. The van der Waals surface area contributed by atoms with Crippen molar-refractivity contribution in [1.29, 1.82) is 0 Å². The van der Waals surface area contributed by atoms with Crippen molar-refractivity contribution in [3.8, 4) is 0 Å². The molecular weight excluding hydrogens is 491 g/mol. The molecule has 5 nitrogen and oxygen atoms in total. The van der Waals surface area contributed by atoms with E-state index in [0.717, 1.165) is 18.3 Å². The molecule has 1 amide bonds. The van der Waals surface area contributed by atoms with Crippen LogP contribution < -0.4 is 5.32 Å². The monoisotopic (exact) mass is 498 g/mol. The minimum Gasteiger partial charge on any atom is -0.320 e. The Morgan fingerprint density at radius 2 is 1.25 bits per heavy atom. The summed E-state index contributed by atoms with van der Waals surface area (Å²) in [6.07, 6.45) is -7.58. The van der Waals surface area contributed by atoms with Gasteiger partial charge in [-0.15, -0.1) is 0 Å². The smallest absolute Gasteiger partial charge is 0.320 e. The number of halogens is 13. The zero-order valence-electron chi connectivity index (χ0n) is 14.8. The number of hydrogen-bond donors (Lipinski definition) is 1. The maximum Gasteiger partial charge on any atom is 0.460 e. The number of nitro benzene ring substituents is 1. The summed E-state index contributed by atoms with van der Waals surface area (Å²) in [5.74, 6) is -42.6. The van der Waals surface area contributed by atoms with Crippen LogP contribution >= 0.6 is 0 Å². The van der Waals surface area contributed by atoms with Crippen LogP contribution in [-0.2, 0) is 4.79 Å². The second-order valence-corrected chi connectivity index (χ2v) is 6.08. The molecule has 0 saturated heterocycles. The summed E-state index contributed by atoms with van der Waals surface area (Å²) in [7, 11) is 0. The molecule has 1 rings (SSSR count). The van der Waals surface area contributed by atoms with Crippen LogP contribution in [0.3, 0.4) is 0 Å². The van der Waals surface area contributed by atoms with Crippen LogP contribution in [0.1, 0.15) is 5.56 Å². The van der Waals surface area contributed by atoms with E-state index in [-0.39, 0.29) is 11.6 Å². The Hall–Kier alpha value is -2.82. The van der Waals surface area contributed by atoms with E-state index in [1.165, 1.54) is 0 Å². The molecule has 0 unspecified atom stereocenters. The summed E-state index contributed by atoms with van der Waals surface area (Å²) in [6, 6.07) is 1.72.